The van der Waals surface area contributed by atoms with Crippen molar-refractivity contribution in [3.8, 4) is 5.75 Å². The van der Waals surface area contributed by atoms with Crippen molar-refractivity contribution in [3.05, 3.63) is 98.4 Å². The second-order valence-corrected chi connectivity index (χ2v) is 13.5. The lowest BCUT2D eigenvalue weighted by Gasteiger charge is -2.49. The number of imide groups is 2. The highest BCUT2D eigenvalue weighted by Crippen LogP contribution is 2.64. The SMILES string of the molecule is C[C@@]12C(=O)N(c3ccc(F)c(Cl)c3)C(=O)[C@@H]1C[C@@H]1C(=CC[C@@H]3C(=O)N(c4ccc(I)cc4)C(=O)[C@@H]31)[C@@H]2c1ccccc1O. The summed E-state index contributed by atoms with van der Waals surface area (Å²) in [6.07, 6.45) is 2.40. The molecule has 2 saturated heterocycles. The number of carbonyl (C=O) groups is 4. The number of rotatable bonds is 3. The van der Waals surface area contributed by atoms with Crippen LogP contribution in [0.25, 0.3) is 0 Å². The minimum Gasteiger partial charge on any atom is -0.508 e. The highest BCUT2D eigenvalue weighted by atomic mass is 127. The summed E-state index contributed by atoms with van der Waals surface area (Å²) in [5.74, 6) is -5.75. The second kappa shape index (κ2) is 9.99. The molecular formula is C33H25ClFIN2O5. The summed E-state index contributed by atoms with van der Waals surface area (Å²) in [6.45, 7) is 1.72. The van der Waals surface area contributed by atoms with Gasteiger partial charge in [-0.2, -0.15) is 0 Å². The Morgan fingerprint density at radius 1 is 0.907 bits per heavy atom. The smallest absolute Gasteiger partial charge is 0.241 e. The molecule has 0 aromatic heterocycles. The Morgan fingerprint density at radius 3 is 2.30 bits per heavy atom. The first-order valence-electron chi connectivity index (χ1n) is 14.0. The summed E-state index contributed by atoms with van der Waals surface area (Å²) in [4.78, 5) is 58.6. The maximum atomic E-state index is 14.4. The van der Waals surface area contributed by atoms with E-state index in [0.29, 0.717) is 17.7 Å². The third kappa shape index (κ3) is 3.96. The maximum Gasteiger partial charge on any atom is 0.241 e. The van der Waals surface area contributed by atoms with Gasteiger partial charge in [0.1, 0.15) is 11.6 Å². The van der Waals surface area contributed by atoms with Gasteiger partial charge in [-0.25, -0.2) is 9.29 Å². The fourth-order valence-corrected chi connectivity index (χ4v) is 8.34. The van der Waals surface area contributed by atoms with Crippen LogP contribution in [-0.2, 0) is 19.2 Å². The topological polar surface area (TPSA) is 95.0 Å². The standard InChI is InChI=1S/C33H25ClFIN2O5/c1-33-23(30(41)38(32(33)43)18-10-13-25(35)24(34)14-18)15-22-19(28(33)20-4-2-3-5-26(20)39)11-12-21-27(22)31(42)37(29(21)40)17-8-6-16(36)7-9-17/h2-11,13-14,21-23,27-28,39H,12,15H2,1H3/t21-,22+,23-,27-,28+,33+/m0/s1. The van der Waals surface area contributed by atoms with Crippen LogP contribution in [0.5, 0.6) is 5.75 Å². The molecule has 6 atom stereocenters. The molecule has 2 heterocycles. The third-order valence-electron chi connectivity index (χ3n) is 9.77. The fourth-order valence-electron chi connectivity index (χ4n) is 7.81. The minimum absolute atomic E-state index is 0.0333. The molecule has 0 spiro atoms. The number of carbonyl (C=O) groups excluding carboxylic acids is 4. The number of para-hydroxylation sites is 1. The number of fused-ring (bicyclic) bond motifs is 4. The van der Waals surface area contributed by atoms with E-state index in [1.807, 2.05) is 18.2 Å². The van der Waals surface area contributed by atoms with Gasteiger partial charge in [0.05, 0.1) is 39.6 Å². The van der Waals surface area contributed by atoms with Crippen LogP contribution >= 0.6 is 34.2 Å². The molecule has 218 valence electrons. The predicted molar refractivity (Wildman–Crippen MR) is 166 cm³/mol. The van der Waals surface area contributed by atoms with E-state index in [4.69, 9.17) is 11.6 Å². The van der Waals surface area contributed by atoms with Gasteiger partial charge in [-0.3, -0.25) is 24.1 Å². The zero-order valence-corrected chi connectivity index (χ0v) is 25.8. The van der Waals surface area contributed by atoms with Crippen LogP contribution in [0.15, 0.2) is 78.4 Å². The van der Waals surface area contributed by atoms with Crippen molar-refractivity contribution in [1.29, 1.82) is 0 Å². The molecule has 4 amide bonds. The molecule has 1 saturated carbocycles. The largest absolute Gasteiger partial charge is 0.508 e. The summed E-state index contributed by atoms with van der Waals surface area (Å²) in [5, 5.41) is 10.8. The summed E-state index contributed by atoms with van der Waals surface area (Å²) in [7, 11) is 0. The normalized spacial score (nSPS) is 29.9. The monoisotopic (exact) mass is 710 g/mol. The second-order valence-electron chi connectivity index (χ2n) is 11.8. The highest BCUT2D eigenvalue weighted by molar-refractivity contribution is 14.1. The average molecular weight is 711 g/mol. The zero-order valence-electron chi connectivity index (χ0n) is 22.8. The van der Waals surface area contributed by atoms with E-state index in [0.717, 1.165) is 20.1 Å². The number of phenolic OH excluding ortho intramolecular Hbond substituents is 1. The van der Waals surface area contributed by atoms with Gasteiger partial charge in [0.15, 0.2) is 0 Å². The first-order chi connectivity index (χ1) is 20.5. The summed E-state index contributed by atoms with van der Waals surface area (Å²) < 4.78 is 15.0. The van der Waals surface area contributed by atoms with Crippen molar-refractivity contribution in [2.45, 2.75) is 25.7 Å². The average Bonchev–Trinajstić information content (AvgIpc) is 3.35. The number of hydrogen-bond acceptors (Lipinski definition) is 5. The van der Waals surface area contributed by atoms with Gasteiger partial charge in [-0.15, -0.1) is 0 Å². The zero-order chi connectivity index (χ0) is 30.4. The molecule has 7 rings (SSSR count). The van der Waals surface area contributed by atoms with Gasteiger partial charge >= 0.3 is 0 Å². The van der Waals surface area contributed by atoms with Gasteiger partial charge < -0.3 is 5.11 Å². The van der Waals surface area contributed by atoms with Gasteiger partial charge in [0.2, 0.25) is 23.6 Å². The van der Waals surface area contributed by atoms with Crippen LogP contribution < -0.4 is 9.80 Å². The molecule has 0 unspecified atom stereocenters. The molecule has 7 nitrogen and oxygen atoms in total. The molecule has 0 radical (unpaired) electrons. The predicted octanol–water partition coefficient (Wildman–Crippen LogP) is 6.22. The Balaban J connectivity index is 1.37. The lowest BCUT2D eigenvalue weighted by Crippen LogP contribution is -2.48. The molecule has 0 bridgehead atoms. The van der Waals surface area contributed by atoms with Crippen LogP contribution in [0.3, 0.4) is 0 Å². The van der Waals surface area contributed by atoms with Crippen molar-refractivity contribution in [2.24, 2.45) is 29.1 Å². The van der Waals surface area contributed by atoms with E-state index in [2.05, 4.69) is 22.6 Å². The van der Waals surface area contributed by atoms with Crippen molar-refractivity contribution >= 4 is 69.2 Å². The van der Waals surface area contributed by atoms with Crippen LogP contribution in [0.1, 0.15) is 31.2 Å². The molecule has 4 aliphatic rings. The lowest BCUT2D eigenvalue weighted by molar-refractivity contribution is -0.131. The molecule has 3 aromatic rings. The van der Waals surface area contributed by atoms with Gasteiger partial charge in [-0.05, 0) is 96.8 Å². The van der Waals surface area contributed by atoms with E-state index >= 15 is 0 Å². The number of hydrogen-bond donors (Lipinski definition) is 1. The molecule has 2 aliphatic carbocycles. The van der Waals surface area contributed by atoms with Crippen LogP contribution in [0.4, 0.5) is 15.8 Å². The van der Waals surface area contributed by atoms with Crippen LogP contribution in [-0.4, -0.2) is 28.7 Å². The molecule has 10 heteroatoms. The number of benzene rings is 3. The Bertz CT molecular complexity index is 1780. The van der Waals surface area contributed by atoms with Crippen molar-refractivity contribution < 1.29 is 28.7 Å². The summed E-state index contributed by atoms with van der Waals surface area (Å²) >= 11 is 8.20. The number of phenols is 1. The summed E-state index contributed by atoms with van der Waals surface area (Å²) in [5.41, 5.74) is 0.562. The molecule has 3 fully saturated rings. The first kappa shape index (κ1) is 28.2. The maximum absolute atomic E-state index is 14.4. The molecular weight excluding hydrogens is 686 g/mol. The number of aromatic hydroxyl groups is 1. The van der Waals surface area contributed by atoms with Crippen molar-refractivity contribution in [3.63, 3.8) is 0 Å². The summed E-state index contributed by atoms with van der Waals surface area (Å²) in [6, 6.07) is 17.6. The van der Waals surface area contributed by atoms with E-state index in [-0.39, 0.29) is 34.7 Å². The Kier molecular flexibility index (Phi) is 6.55. The van der Waals surface area contributed by atoms with Crippen LogP contribution in [0, 0.1) is 38.5 Å². The number of halogens is 3. The Hall–Kier alpha value is -3.57. The van der Waals surface area contributed by atoms with Crippen LogP contribution in [0.2, 0.25) is 5.02 Å². The number of nitrogens with zero attached hydrogens (tertiary/aromatic N) is 2. The molecule has 43 heavy (non-hydrogen) atoms. The quantitative estimate of drug-likeness (QED) is 0.198. The Labute approximate surface area is 265 Å². The van der Waals surface area contributed by atoms with E-state index in [1.165, 1.54) is 23.1 Å². The molecule has 2 aliphatic heterocycles. The van der Waals surface area contributed by atoms with Crippen molar-refractivity contribution in [2.75, 3.05) is 9.80 Å². The van der Waals surface area contributed by atoms with Gasteiger partial charge in [0.25, 0.3) is 0 Å². The van der Waals surface area contributed by atoms with Crippen molar-refractivity contribution in [1.82, 2.24) is 0 Å². The highest BCUT2D eigenvalue weighted by Gasteiger charge is 2.68. The van der Waals surface area contributed by atoms with E-state index < -0.39 is 52.6 Å². The number of amides is 4. The van der Waals surface area contributed by atoms with Gasteiger partial charge in [0, 0.05) is 15.1 Å². The van der Waals surface area contributed by atoms with E-state index in [1.54, 1.807) is 37.3 Å². The third-order valence-corrected chi connectivity index (χ3v) is 10.8. The molecule has 3 aromatic carbocycles. The minimum atomic E-state index is -1.33. The lowest BCUT2D eigenvalue weighted by atomic mass is 9.51. The number of allylic oxidation sites excluding steroid dienone is 2. The van der Waals surface area contributed by atoms with Gasteiger partial charge in [-0.1, -0.05) is 41.4 Å². The number of anilines is 2. The Morgan fingerprint density at radius 2 is 1.60 bits per heavy atom. The van der Waals surface area contributed by atoms with E-state index in [9.17, 15) is 28.7 Å². The molecule has 1 N–H and O–H groups in total. The first-order valence-corrected chi connectivity index (χ1v) is 15.4. The fraction of sp³-hybridized carbons (Fsp3) is 0.273.